The zero-order chi connectivity index (χ0) is 28.6. The van der Waals surface area contributed by atoms with Crippen LogP contribution in [0.1, 0.15) is 28.6 Å². The lowest BCUT2D eigenvalue weighted by atomic mass is 10.0. The van der Waals surface area contributed by atoms with E-state index in [0.29, 0.717) is 32.7 Å². The Labute approximate surface area is 241 Å². The van der Waals surface area contributed by atoms with Gasteiger partial charge in [-0.2, -0.15) is 0 Å². The van der Waals surface area contributed by atoms with Crippen molar-refractivity contribution in [1.29, 1.82) is 0 Å². The van der Waals surface area contributed by atoms with Crippen molar-refractivity contribution in [3.63, 3.8) is 0 Å². The van der Waals surface area contributed by atoms with Crippen LogP contribution < -0.4 is 10.1 Å². The molecule has 0 fully saturated rings. The SMILES string of the molecule is COc1ccc(NC(=O)C(c2ccc(Cl)cc2)N(Cc2ccc(F)cc2)C(=O)CSc2nc(C)cc(C)n2)cc1. The van der Waals surface area contributed by atoms with E-state index in [2.05, 4.69) is 15.3 Å². The summed E-state index contributed by atoms with van der Waals surface area (Å²) in [6.45, 7) is 3.79. The number of halogens is 2. The van der Waals surface area contributed by atoms with Crippen molar-refractivity contribution in [1.82, 2.24) is 14.9 Å². The van der Waals surface area contributed by atoms with E-state index in [9.17, 15) is 14.0 Å². The third kappa shape index (κ3) is 7.80. The van der Waals surface area contributed by atoms with Crippen molar-refractivity contribution in [3.05, 3.63) is 112 Å². The van der Waals surface area contributed by atoms with E-state index < -0.39 is 17.8 Å². The molecule has 0 saturated carbocycles. The van der Waals surface area contributed by atoms with E-state index in [-0.39, 0.29) is 18.2 Å². The molecule has 4 aromatic rings. The summed E-state index contributed by atoms with van der Waals surface area (Å²) in [6, 6.07) is 20.3. The Morgan fingerprint density at radius 3 is 2.20 bits per heavy atom. The molecular weight excluding hydrogens is 551 g/mol. The third-order valence-electron chi connectivity index (χ3n) is 5.98. The number of hydrogen-bond donors (Lipinski definition) is 1. The molecule has 2 amide bonds. The van der Waals surface area contributed by atoms with Crippen LogP contribution in [0.15, 0.2) is 84.0 Å². The van der Waals surface area contributed by atoms with Crippen molar-refractivity contribution >= 4 is 40.9 Å². The standard InChI is InChI=1S/C30H28ClFN4O3S/c1-19-16-20(2)34-30(33-19)40-18-27(37)36(17-21-4-10-24(32)11-5-21)28(22-6-8-23(31)9-7-22)29(38)35-25-12-14-26(39-3)15-13-25/h4-16,28H,17-18H2,1-3H3,(H,35,38). The van der Waals surface area contributed by atoms with Gasteiger partial charge < -0.3 is 15.0 Å². The molecule has 3 aromatic carbocycles. The lowest BCUT2D eigenvalue weighted by molar-refractivity contribution is -0.137. The predicted molar refractivity (Wildman–Crippen MR) is 155 cm³/mol. The van der Waals surface area contributed by atoms with Gasteiger partial charge in [0.25, 0.3) is 5.91 Å². The molecule has 206 valence electrons. The van der Waals surface area contributed by atoms with Crippen LogP contribution >= 0.6 is 23.4 Å². The molecule has 1 atom stereocenters. The first kappa shape index (κ1) is 29.0. The lowest BCUT2D eigenvalue weighted by Gasteiger charge is -2.31. The zero-order valence-corrected chi connectivity index (χ0v) is 23.8. The van der Waals surface area contributed by atoms with Crippen molar-refractivity contribution in [2.24, 2.45) is 0 Å². The molecule has 1 aromatic heterocycles. The second-order valence-electron chi connectivity index (χ2n) is 9.04. The van der Waals surface area contributed by atoms with E-state index in [0.717, 1.165) is 11.4 Å². The Hall–Kier alpha value is -3.95. The molecule has 0 spiro atoms. The first-order valence-corrected chi connectivity index (χ1v) is 13.8. The van der Waals surface area contributed by atoms with Crippen LogP contribution in [0.25, 0.3) is 0 Å². The van der Waals surface area contributed by atoms with Gasteiger partial charge in [0.1, 0.15) is 17.6 Å². The zero-order valence-electron chi connectivity index (χ0n) is 22.2. The normalized spacial score (nSPS) is 11.5. The second kappa shape index (κ2) is 13.4. The van der Waals surface area contributed by atoms with Crippen LogP contribution in [0.4, 0.5) is 10.1 Å². The number of carbonyl (C=O) groups excluding carboxylic acids is 2. The number of amides is 2. The first-order chi connectivity index (χ1) is 19.2. The number of carbonyl (C=O) groups is 2. The highest BCUT2D eigenvalue weighted by Crippen LogP contribution is 2.29. The molecule has 0 radical (unpaired) electrons. The summed E-state index contributed by atoms with van der Waals surface area (Å²) in [6.07, 6.45) is 0. The van der Waals surface area contributed by atoms with Gasteiger partial charge in [-0.05, 0) is 79.6 Å². The number of methoxy groups -OCH3 is 1. The number of rotatable bonds is 10. The van der Waals surface area contributed by atoms with Gasteiger partial charge in [0.15, 0.2) is 5.16 Å². The van der Waals surface area contributed by atoms with Crippen LogP contribution in [-0.4, -0.2) is 39.5 Å². The summed E-state index contributed by atoms with van der Waals surface area (Å²) in [7, 11) is 1.56. The Kier molecular flexibility index (Phi) is 9.74. The van der Waals surface area contributed by atoms with Crippen LogP contribution in [0.5, 0.6) is 5.75 Å². The summed E-state index contributed by atoms with van der Waals surface area (Å²) in [5.41, 5.74) is 3.36. The molecule has 0 saturated heterocycles. The Morgan fingerprint density at radius 2 is 1.60 bits per heavy atom. The highest BCUT2D eigenvalue weighted by atomic mass is 35.5. The summed E-state index contributed by atoms with van der Waals surface area (Å²) < 4.78 is 18.9. The average molecular weight is 579 g/mol. The maximum Gasteiger partial charge on any atom is 0.251 e. The smallest absolute Gasteiger partial charge is 0.251 e. The van der Waals surface area contributed by atoms with Gasteiger partial charge in [0.05, 0.1) is 12.9 Å². The molecule has 0 aliphatic carbocycles. The monoisotopic (exact) mass is 578 g/mol. The lowest BCUT2D eigenvalue weighted by Crippen LogP contribution is -2.41. The number of aromatic nitrogens is 2. The molecule has 0 aliphatic heterocycles. The summed E-state index contributed by atoms with van der Waals surface area (Å²) in [5, 5.41) is 3.88. The summed E-state index contributed by atoms with van der Waals surface area (Å²) in [4.78, 5) is 38.0. The maximum absolute atomic E-state index is 13.8. The minimum atomic E-state index is -1.02. The number of anilines is 1. The van der Waals surface area contributed by atoms with Crippen molar-refractivity contribution in [2.45, 2.75) is 31.6 Å². The number of nitrogens with zero attached hydrogens (tertiary/aromatic N) is 3. The van der Waals surface area contributed by atoms with E-state index >= 15 is 0 Å². The molecule has 4 rings (SSSR count). The number of aryl methyl sites for hydroxylation is 2. The number of thioether (sulfide) groups is 1. The Balaban J connectivity index is 1.69. The van der Waals surface area contributed by atoms with Gasteiger partial charge in [-0.15, -0.1) is 0 Å². The number of benzene rings is 3. The summed E-state index contributed by atoms with van der Waals surface area (Å²) in [5.74, 6) is -0.497. The fraction of sp³-hybridized carbons (Fsp3) is 0.200. The number of hydrogen-bond acceptors (Lipinski definition) is 6. The first-order valence-electron chi connectivity index (χ1n) is 12.4. The molecule has 1 N–H and O–H groups in total. The van der Waals surface area contributed by atoms with Crippen molar-refractivity contribution in [3.8, 4) is 5.75 Å². The highest BCUT2D eigenvalue weighted by molar-refractivity contribution is 7.99. The molecule has 0 aliphatic rings. The maximum atomic E-state index is 13.8. The van der Waals surface area contributed by atoms with Crippen molar-refractivity contribution < 1.29 is 18.7 Å². The molecule has 7 nitrogen and oxygen atoms in total. The van der Waals surface area contributed by atoms with Crippen molar-refractivity contribution in [2.75, 3.05) is 18.2 Å². The Morgan fingerprint density at radius 1 is 0.975 bits per heavy atom. The molecule has 0 bridgehead atoms. The Bertz CT molecular complexity index is 1450. The second-order valence-corrected chi connectivity index (χ2v) is 10.4. The molecular formula is C30H28ClFN4O3S. The van der Waals surface area contributed by atoms with Crippen LogP contribution in [0.3, 0.4) is 0 Å². The molecule has 1 heterocycles. The molecule has 1 unspecified atom stereocenters. The minimum absolute atomic E-state index is 0.00993. The van der Waals surface area contributed by atoms with Gasteiger partial charge in [-0.1, -0.05) is 47.6 Å². The van der Waals surface area contributed by atoms with Gasteiger partial charge in [0.2, 0.25) is 5.91 Å². The molecule has 40 heavy (non-hydrogen) atoms. The van der Waals surface area contributed by atoms with E-state index in [1.807, 2.05) is 19.9 Å². The van der Waals surface area contributed by atoms with Crippen LogP contribution in [-0.2, 0) is 16.1 Å². The predicted octanol–water partition coefficient (Wildman–Crippen LogP) is 6.40. The number of nitrogens with one attached hydrogen (secondary N) is 1. The van der Waals surface area contributed by atoms with E-state index in [4.69, 9.17) is 16.3 Å². The van der Waals surface area contributed by atoms with E-state index in [1.165, 1.54) is 28.8 Å². The fourth-order valence-electron chi connectivity index (χ4n) is 4.08. The third-order valence-corrected chi connectivity index (χ3v) is 7.06. The van der Waals surface area contributed by atoms with Gasteiger partial charge in [0, 0.05) is 28.6 Å². The van der Waals surface area contributed by atoms with E-state index in [1.54, 1.807) is 67.8 Å². The fourth-order valence-corrected chi connectivity index (χ4v) is 5.04. The molecule has 10 heteroatoms. The number of ether oxygens (including phenoxy) is 1. The largest absolute Gasteiger partial charge is 0.497 e. The quantitative estimate of drug-likeness (QED) is 0.173. The van der Waals surface area contributed by atoms with Gasteiger partial charge >= 0.3 is 0 Å². The van der Waals surface area contributed by atoms with Gasteiger partial charge in [-0.25, -0.2) is 14.4 Å². The average Bonchev–Trinajstić information content (AvgIpc) is 2.93. The van der Waals surface area contributed by atoms with Gasteiger partial charge in [-0.3, -0.25) is 9.59 Å². The topological polar surface area (TPSA) is 84.4 Å². The minimum Gasteiger partial charge on any atom is -0.497 e. The summed E-state index contributed by atoms with van der Waals surface area (Å²) >= 11 is 7.33. The van der Waals surface area contributed by atoms with Crippen LogP contribution in [0, 0.1) is 19.7 Å². The van der Waals surface area contributed by atoms with Crippen LogP contribution in [0.2, 0.25) is 5.02 Å². The highest BCUT2D eigenvalue weighted by Gasteiger charge is 2.32.